The van der Waals surface area contributed by atoms with Crippen LogP contribution < -0.4 is 5.32 Å². The number of hydrogen-bond donors (Lipinski definition) is 2. The molecule has 30 heavy (non-hydrogen) atoms. The standard InChI is InChI=1S/C25H44N2O3/c1-18(2)12-10-13-19(3)14-11-15-24(8)25(9,29)27(21(28)30-24)20-16-22(4,5)26-23(6,7)17-20/h12,14,20,26,29H,10-11,13,15-17H2,1-9H3/p+1/b19-14+/t24-,25-/m0/s1. The van der Waals surface area contributed by atoms with E-state index in [4.69, 9.17) is 4.74 Å². The monoisotopic (exact) mass is 421 g/mol. The Hall–Kier alpha value is -1.33. The van der Waals surface area contributed by atoms with E-state index >= 15 is 0 Å². The number of piperidine rings is 1. The summed E-state index contributed by atoms with van der Waals surface area (Å²) in [7, 11) is 0. The Labute approximate surface area is 183 Å². The normalized spacial score (nSPS) is 31.6. The van der Waals surface area contributed by atoms with Gasteiger partial charge in [0.25, 0.3) is 0 Å². The van der Waals surface area contributed by atoms with Gasteiger partial charge in [0.1, 0.15) is 0 Å². The van der Waals surface area contributed by atoms with E-state index in [0.29, 0.717) is 6.42 Å². The van der Waals surface area contributed by atoms with Crippen molar-refractivity contribution in [2.75, 3.05) is 0 Å². The lowest BCUT2D eigenvalue weighted by Crippen LogP contribution is -3.06. The maximum absolute atomic E-state index is 12.9. The van der Waals surface area contributed by atoms with Crippen molar-refractivity contribution >= 4 is 6.09 Å². The van der Waals surface area contributed by atoms with Crippen molar-refractivity contribution in [2.45, 2.75) is 129 Å². The molecular weight excluding hydrogens is 376 g/mol. The second-order valence-electron chi connectivity index (χ2n) is 11.6. The van der Waals surface area contributed by atoms with Crippen LogP contribution in [-0.4, -0.2) is 44.5 Å². The molecule has 0 aliphatic carbocycles. The van der Waals surface area contributed by atoms with Gasteiger partial charge in [0.15, 0.2) is 11.3 Å². The highest BCUT2D eigenvalue weighted by atomic mass is 16.6. The van der Waals surface area contributed by atoms with E-state index in [0.717, 1.165) is 32.1 Å². The molecule has 2 atom stereocenters. The molecule has 2 saturated heterocycles. The molecule has 2 aliphatic heterocycles. The van der Waals surface area contributed by atoms with Crippen LogP contribution in [0.3, 0.4) is 0 Å². The number of ether oxygens (including phenoxy) is 1. The van der Waals surface area contributed by atoms with Crippen LogP contribution in [0, 0.1) is 0 Å². The number of nitrogens with zero attached hydrogens (tertiary/aromatic N) is 1. The molecule has 0 aromatic heterocycles. The van der Waals surface area contributed by atoms with Crippen LogP contribution in [-0.2, 0) is 4.74 Å². The summed E-state index contributed by atoms with van der Waals surface area (Å²) < 4.78 is 5.85. The largest absolute Gasteiger partial charge is 0.438 e. The van der Waals surface area contributed by atoms with E-state index in [1.165, 1.54) is 11.1 Å². The van der Waals surface area contributed by atoms with E-state index in [2.05, 4.69) is 65.9 Å². The summed E-state index contributed by atoms with van der Waals surface area (Å²) >= 11 is 0. The predicted molar refractivity (Wildman–Crippen MR) is 122 cm³/mol. The third-order valence-corrected chi connectivity index (χ3v) is 6.86. The Morgan fingerprint density at radius 2 is 1.63 bits per heavy atom. The Morgan fingerprint density at radius 1 is 1.07 bits per heavy atom. The quantitative estimate of drug-likeness (QED) is 0.588. The van der Waals surface area contributed by atoms with Crippen LogP contribution in [0.2, 0.25) is 0 Å². The second-order valence-corrected chi connectivity index (χ2v) is 11.6. The summed E-state index contributed by atoms with van der Waals surface area (Å²) in [5.74, 6) is 0. The summed E-state index contributed by atoms with van der Waals surface area (Å²) in [6.07, 6.45) is 9.23. The maximum Gasteiger partial charge on any atom is 0.413 e. The van der Waals surface area contributed by atoms with Gasteiger partial charge in [0, 0.05) is 18.9 Å². The first-order chi connectivity index (χ1) is 13.6. The maximum atomic E-state index is 12.9. The van der Waals surface area contributed by atoms with E-state index in [9.17, 15) is 9.90 Å². The zero-order valence-corrected chi connectivity index (χ0v) is 20.8. The Morgan fingerprint density at radius 3 is 2.17 bits per heavy atom. The molecule has 2 heterocycles. The molecule has 2 rings (SSSR count). The van der Waals surface area contributed by atoms with Crippen molar-refractivity contribution in [1.82, 2.24) is 4.90 Å². The van der Waals surface area contributed by atoms with Crippen LogP contribution in [0.4, 0.5) is 4.79 Å². The van der Waals surface area contributed by atoms with Gasteiger partial charge in [-0.2, -0.15) is 0 Å². The minimum Gasteiger partial charge on any atom is -0.438 e. The number of nitrogens with two attached hydrogens (primary N) is 1. The van der Waals surface area contributed by atoms with Crippen molar-refractivity contribution in [1.29, 1.82) is 0 Å². The number of quaternary nitrogens is 1. The lowest BCUT2D eigenvalue weighted by molar-refractivity contribution is -0.788. The number of allylic oxidation sites excluding steroid dienone is 4. The van der Waals surface area contributed by atoms with Crippen molar-refractivity contribution in [3.8, 4) is 0 Å². The van der Waals surface area contributed by atoms with E-state index in [-0.39, 0.29) is 23.2 Å². The number of hydrogen-bond acceptors (Lipinski definition) is 3. The molecule has 0 aromatic carbocycles. The van der Waals surface area contributed by atoms with Gasteiger partial charge in [-0.3, -0.25) is 4.90 Å². The molecule has 0 aromatic rings. The topological polar surface area (TPSA) is 66.4 Å². The summed E-state index contributed by atoms with van der Waals surface area (Å²) in [5.41, 5.74) is 0.442. The fraction of sp³-hybridized carbons (Fsp3) is 0.800. The zero-order chi connectivity index (χ0) is 23.0. The summed E-state index contributed by atoms with van der Waals surface area (Å²) in [6, 6.07) is -0.0364. The van der Waals surface area contributed by atoms with Gasteiger partial charge in [-0.15, -0.1) is 0 Å². The average molecular weight is 422 g/mol. The first-order valence-corrected chi connectivity index (χ1v) is 11.5. The van der Waals surface area contributed by atoms with Gasteiger partial charge in [0.05, 0.1) is 11.1 Å². The third kappa shape index (κ3) is 5.67. The SMILES string of the molecule is CC(C)=CCC/C(C)=C/CC[C@]1(C)OC(=O)N(C2CC(C)(C)[NH2+]C(C)(C)C2)[C@@]1(C)O. The van der Waals surface area contributed by atoms with Crippen molar-refractivity contribution in [3.05, 3.63) is 23.3 Å². The minimum atomic E-state index is -1.33. The predicted octanol–water partition coefficient (Wildman–Crippen LogP) is 4.66. The Bertz CT molecular complexity index is 685. The molecule has 0 unspecified atom stereocenters. The molecule has 5 nitrogen and oxygen atoms in total. The lowest BCUT2D eigenvalue weighted by atomic mass is 9.77. The van der Waals surface area contributed by atoms with Gasteiger partial charge in [0.2, 0.25) is 0 Å². The minimum absolute atomic E-state index is 0.00685. The smallest absolute Gasteiger partial charge is 0.413 e. The molecule has 5 heteroatoms. The highest BCUT2D eigenvalue weighted by molar-refractivity contribution is 5.72. The van der Waals surface area contributed by atoms with Crippen molar-refractivity contribution in [2.24, 2.45) is 0 Å². The van der Waals surface area contributed by atoms with Crippen LogP contribution in [0.5, 0.6) is 0 Å². The molecule has 172 valence electrons. The number of carbonyl (C=O) groups is 1. The summed E-state index contributed by atoms with van der Waals surface area (Å²) in [4.78, 5) is 14.6. The highest BCUT2D eigenvalue weighted by Crippen LogP contribution is 2.44. The molecule has 0 spiro atoms. The first-order valence-electron chi connectivity index (χ1n) is 11.5. The summed E-state index contributed by atoms with van der Waals surface area (Å²) in [6.45, 7) is 18.8. The number of rotatable bonds is 7. The second kappa shape index (κ2) is 8.66. The fourth-order valence-electron chi connectivity index (χ4n) is 5.49. The highest BCUT2D eigenvalue weighted by Gasteiger charge is 2.62. The van der Waals surface area contributed by atoms with E-state index in [1.54, 1.807) is 11.8 Å². The van der Waals surface area contributed by atoms with Crippen LogP contribution in [0.15, 0.2) is 23.3 Å². The molecule has 1 amide bonds. The summed E-state index contributed by atoms with van der Waals surface area (Å²) in [5, 5.41) is 13.9. The Balaban J connectivity index is 2.10. The first kappa shape index (κ1) is 24.9. The molecule has 0 bridgehead atoms. The number of cyclic esters (lactones) is 1. The third-order valence-electron chi connectivity index (χ3n) is 6.86. The van der Waals surface area contributed by atoms with Gasteiger partial charge >= 0.3 is 6.09 Å². The molecular formula is C25H45N2O3+. The average Bonchev–Trinajstić information content (AvgIpc) is 2.68. The molecule has 0 radical (unpaired) electrons. The van der Waals surface area contributed by atoms with Gasteiger partial charge < -0.3 is 15.2 Å². The van der Waals surface area contributed by atoms with Crippen molar-refractivity contribution in [3.63, 3.8) is 0 Å². The van der Waals surface area contributed by atoms with E-state index in [1.807, 2.05) is 6.92 Å². The molecule has 2 fully saturated rings. The van der Waals surface area contributed by atoms with Crippen LogP contribution >= 0.6 is 0 Å². The Kier molecular flexibility index (Phi) is 7.20. The van der Waals surface area contributed by atoms with Crippen LogP contribution in [0.25, 0.3) is 0 Å². The molecule has 0 saturated carbocycles. The molecule has 2 aliphatic rings. The van der Waals surface area contributed by atoms with Crippen LogP contribution in [0.1, 0.15) is 101 Å². The zero-order valence-electron chi connectivity index (χ0n) is 20.8. The fourth-order valence-corrected chi connectivity index (χ4v) is 5.49. The van der Waals surface area contributed by atoms with Crippen molar-refractivity contribution < 1.29 is 20.0 Å². The van der Waals surface area contributed by atoms with E-state index < -0.39 is 11.3 Å². The number of aliphatic hydroxyl groups is 1. The van der Waals surface area contributed by atoms with Gasteiger partial charge in [-0.05, 0) is 88.0 Å². The molecule has 3 N–H and O–H groups in total. The van der Waals surface area contributed by atoms with Gasteiger partial charge in [-0.1, -0.05) is 23.3 Å². The lowest BCUT2D eigenvalue weighted by Gasteiger charge is -2.48. The number of amides is 1. The van der Waals surface area contributed by atoms with Gasteiger partial charge in [-0.25, -0.2) is 4.79 Å². The number of carbonyl (C=O) groups excluding carboxylic acids is 1.